The molecule has 0 saturated carbocycles. The van der Waals surface area contributed by atoms with Crippen molar-refractivity contribution >= 4 is 38.7 Å². The molecule has 0 amide bonds. The lowest BCUT2D eigenvalue weighted by Crippen LogP contribution is -2.22. The molecule has 3 aromatic rings. The fourth-order valence-corrected chi connectivity index (χ4v) is 6.55. The lowest BCUT2D eigenvalue weighted by atomic mass is 9.88. The Bertz CT molecular complexity index is 1450. The number of sulfone groups is 1. The van der Waals surface area contributed by atoms with Gasteiger partial charge in [0.1, 0.15) is 0 Å². The Morgan fingerprint density at radius 2 is 1.82 bits per heavy atom. The number of allylic oxidation sites excluding steroid dienone is 2. The molecule has 1 aliphatic heterocycles. The van der Waals surface area contributed by atoms with Crippen molar-refractivity contribution in [2.75, 3.05) is 5.75 Å². The van der Waals surface area contributed by atoms with E-state index in [2.05, 4.69) is 5.10 Å². The zero-order valence-electron chi connectivity index (χ0n) is 18.0. The first-order valence-corrected chi connectivity index (χ1v) is 12.8. The molecule has 2 aromatic carbocycles. The smallest absolute Gasteiger partial charge is 0.199 e. The molecule has 6 nitrogen and oxygen atoms in total. The summed E-state index contributed by atoms with van der Waals surface area (Å²) in [7, 11) is -3.38. The van der Waals surface area contributed by atoms with Gasteiger partial charge in [-0.2, -0.15) is 5.10 Å². The average Bonchev–Trinajstić information content (AvgIpc) is 3.34. The first-order valence-electron chi connectivity index (χ1n) is 10.7. The molecular weight excluding hydrogens is 460 g/mol. The standard InChI is InChI=1S/C25H21ClN2O4S/c1-15-19(16-6-3-2-4-7-16)14-28(27-15)20-8-5-9-21(29)23(20)25(30)18-10-11-22-17(24(18)26)12-13-33(22,31)32/h2-4,6-7,10-11,14H,5,8-9,12-13H2,1H3. The minimum atomic E-state index is -3.38. The van der Waals surface area contributed by atoms with Crippen molar-refractivity contribution in [3.05, 3.63) is 76.1 Å². The van der Waals surface area contributed by atoms with Crippen LogP contribution in [0.2, 0.25) is 5.02 Å². The second-order valence-electron chi connectivity index (χ2n) is 8.34. The molecule has 0 fully saturated rings. The summed E-state index contributed by atoms with van der Waals surface area (Å²) in [5.74, 6) is -0.762. The molecule has 8 heteroatoms. The number of hydrogen-bond acceptors (Lipinski definition) is 5. The van der Waals surface area contributed by atoms with Crippen LogP contribution in [0.3, 0.4) is 0 Å². The normalized spacial score (nSPS) is 17.3. The van der Waals surface area contributed by atoms with Gasteiger partial charge < -0.3 is 0 Å². The van der Waals surface area contributed by atoms with E-state index < -0.39 is 15.6 Å². The summed E-state index contributed by atoms with van der Waals surface area (Å²) in [6.45, 7) is 1.89. The number of halogens is 1. The van der Waals surface area contributed by atoms with E-state index in [9.17, 15) is 18.0 Å². The maximum absolute atomic E-state index is 13.6. The topological polar surface area (TPSA) is 86.1 Å². The number of benzene rings is 2. The summed E-state index contributed by atoms with van der Waals surface area (Å²) in [5.41, 5.74) is 3.95. The third-order valence-corrected chi connectivity index (χ3v) is 8.50. The van der Waals surface area contributed by atoms with E-state index in [1.165, 1.54) is 12.1 Å². The summed E-state index contributed by atoms with van der Waals surface area (Å²) in [5, 5.41) is 4.73. The van der Waals surface area contributed by atoms with E-state index in [4.69, 9.17) is 11.6 Å². The average molecular weight is 481 g/mol. The molecule has 0 saturated heterocycles. The molecule has 0 radical (unpaired) electrons. The third kappa shape index (κ3) is 3.65. The van der Waals surface area contributed by atoms with E-state index in [1.54, 1.807) is 4.68 Å². The number of carbonyl (C=O) groups excluding carboxylic acids is 2. The molecule has 168 valence electrons. The van der Waals surface area contributed by atoms with Crippen molar-refractivity contribution in [1.82, 2.24) is 9.78 Å². The summed E-state index contributed by atoms with van der Waals surface area (Å²) in [4.78, 5) is 26.7. The monoisotopic (exact) mass is 480 g/mol. The highest BCUT2D eigenvalue weighted by atomic mass is 35.5. The van der Waals surface area contributed by atoms with Crippen LogP contribution in [0, 0.1) is 6.92 Å². The number of carbonyl (C=O) groups is 2. The lowest BCUT2D eigenvalue weighted by Gasteiger charge is -2.19. The highest BCUT2D eigenvalue weighted by Gasteiger charge is 2.34. The van der Waals surface area contributed by atoms with Crippen LogP contribution >= 0.6 is 11.6 Å². The van der Waals surface area contributed by atoms with Crippen molar-refractivity contribution in [2.24, 2.45) is 0 Å². The first-order chi connectivity index (χ1) is 15.8. The van der Waals surface area contributed by atoms with Gasteiger partial charge in [0.15, 0.2) is 21.4 Å². The van der Waals surface area contributed by atoms with E-state index in [1.807, 2.05) is 43.5 Å². The van der Waals surface area contributed by atoms with Crippen LogP contribution in [-0.4, -0.2) is 35.5 Å². The van der Waals surface area contributed by atoms with Gasteiger partial charge in [-0.15, -0.1) is 0 Å². The second-order valence-corrected chi connectivity index (χ2v) is 10.8. The predicted molar refractivity (Wildman–Crippen MR) is 126 cm³/mol. The van der Waals surface area contributed by atoms with Crippen LogP contribution in [0.5, 0.6) is 0 Å². The van der Waals surface area contributed by atoms with Crippen LogP contribution in [0.1, 0.15) is 40.9 Å². The molecule has 0 spiro atoms. The van der Waals surface area contributed by atoms with Crippen LogP contribution < -0.4 is 0 Å². The number of Topliss-reactive ketones (excluding diaryl/α,β-unsaturated/α-hetero) is 2. The number of rotatable bonds is 4. The molecule has 0 unspecified atom stereocenters. The van der Waals surface area contributed by atoms with Crippen molar-refractivity contribution < 1.29 is 18.0 Å². The number of aryl methyl sites for hydroxylation is 1. The van der Waals surface area contributed by atoms with Gasteiger partial charge in [0.2, 0.25) is 0 Å². The number of nitrogens with zero attached hydrogens (tertiary/aromatic N) is 2. The van der Waals surface area contributed by atoms with Crippen LogP contribution in [0.25, 0.3) is 16.8 Å². The van der Waals surface area contributed by atoms with Gasteiger partial charge in [0.25, 0.3) is 0 Å². The molecule has 2 heterocycles. The zero-order chi connectivity index (χ0) is 23.3. The molecular formula is C25H21ClN2O4S. The predicted octanol–water partition coefficient (Wildman–Crippen LogP) is 4.69. The van der Waals surface area contributed by atoms with Gasteiger partial charge >= 0.3 is 0 Å². The fourth-order valence-electron chi connectivity index (χ4n) is 4.60. The number of hydrogen-bond donors (Lipinski definition) is 0. The second kappa shape index (κ2) is 8.08. The molecule has 5 rings (SSSR count). The SMILES string of the molecule is Cc1nn(C2=C(C(=O)c3ccc4c(c3Cl)CCS4(=O)=O)C(=O)CCC2)cc1-c1ccccc1. The minimum absolute atomic E-state index is 0.0264. The molecule has 1 aliphatic carbocycles. The van der Waals surface area contributed by atoms with Gasteiger partial charge in [-0.05, 0) is 49.4 Å². The van der Waals surface area contributed by atoms with Gasteiger partial charge in [-0.1, -0.05) is 41.9 Å². The van der Waals surface area contributed by atoms with Crippen LogP contribution in [0.4, 0.5) is 0 Å². The zero-order valence-corrected chi connectivity index (χ0v) is 19.5. The van der Waals surface area contributed by atoms with Crippen LogP contribution in [0.15, 0.2) is 59.1 Å². The maximum Gasteiger partial charge on any atom is 0.199 e. The molecule has 0 N–H and O–H groups in total. The Kier molecular flexibility index (Phi) is 5.34. The van der Waals surface area contributed by atoms with E-state index in [0.29, 0.717) is 24.1 Å². The Labute approximate surface area is 196 Å². The van der Waals surface area contributed by atoms with Gasteiger partial charge in [0.05, 0.1) is 32.6 Å². The molecule has 0 atom stereocenters. The molecule has 33 heavy (non-hydrogen) atoms. The van der Waals surface area contributed by atoms with Crippen molar-refractivity contribution in [2.45, 2.75) is 37.5 Å². The van der Waals surface area contributed by atoms with Gasteiger partial charge in [-0.25, -0.2) is 13.1 Å². The summed E-state index contributed by atoms with van der Waals surface area (Å²) >= 11 is 6.50. The molecule has 0 bridgehead atoms. The number of ketones is 2. The minimum Gasteiger partial charge on any atom is -0.294 e. The Balaban J connectivity index is 1.63. The quantitative estimate of drug-likeness (QED) is 0.399. The summed E-state index contributed by atoms with van der Waals surface area (Å²) in [6.07, 6.45) is 3.53. The van der Waals surface area contributed by atoms with E-state index in [0.717, 1.165) is 16.8 Å². The van der Waals surface area contributed by atoms with Crippen molar-refractivity contribution in [3.63, 3.8) is 0 Å². The third-order valence-electron chi connectivity index (χ3n) is 6.27. The maximum atomic E-state index is 13.6. The molecule has 1 aromatic heterocycles. The number of fused-ring (bicyclic) bond motifs is 1. The van der Waals surface area contributed by atoms with E-state index in [-0.39, 0.29) is 45.4 Å². The Morgan fingerprint density at radius 1 is 1.06 bits per heavy atom. The number of aromatic nitrogens is 2. The molecule has 2 aliphatic rings. The summed E-state index contributed by atoms with van der Waals surface area (Å²) in [6, 6.07) is 12.6. The Hall–Kier alpha value is -3.03. The van der Waals surface area contributed by atoms with Crippen molar-refractivity contribution in [3.8, 4) is 11.1 Å². The summed E-state index contributed by atoms with van der Waals surface area (Å²) < 4.78 is 26.1. The largest absolute Gasteiger partial charge is 0.294 e. The van der Waals surface area contributed by atoms with Gasteiger partial charge in [0, 0.05) is 23.7 Å². The lowest BCUT2D eigenvalue weighted by molar-refractivity contribution is -0.115. The van der Waals surface area contributed by atoms with Crippen LogP contribution in [-0.2, 0) is 21.1 Å². The Morgan fingerprint density at radius 3 is 2.58 bits per heavy atom. The fraction of sp³-hybridized carbons (Fsp3) is 0.240. The van der Waals surface area contributed by atoms with Crippen molar-refractivity contribution in [1.29, 1.82) is 0 Å². The van der Waals surface area contributed by atoms with Gasteiger partial charge in [-0.3, -0.25) is 9.59 Å². The first kappa shape index (κ1) is 21.8. The highest BCUT2D eigenvalue weighted by Crippen LogP contribution is 2.37. The van der Waals surface area contributed by atoms with E-state index >= 15 is 0 Å². The highest BCUT2D eigenvalue weighted by molar-refractivity contribution is 7.91.